The van der Waals surface area contributed by atoms with Crippen LogP contribution in [0.3, 0.4) is 0 Å². The Hall–Kier alpha value is -1.78. The van der Waals surface area contributed by atoms with Crippen molar-refractivity contribution < 1.29 is 9.66 Å². The van der Waals surface area contributed by atoms with E-state index in [-0.39, 0.29) is 11.4 Å². The lowest BCUT2D eigenvalue weighted by Gasteiger charge is -2.05. The summed E-state index contributed by atoms with van der Waals surface area (Å²) in [5.74, 6) is 1.26. The van der Waals surface area contributed by atoms with Crippen LogP contribution in [0.4, 0.5) is 11.4 Å². The summed E-state index contributed by atoms with van der Waals surface area (Å²) in [7, 11) is 0. The van der Waals surface area contributed by atoms with Crippen LogP contribution in [-0.4, -0.2) is 11.5 Å². The number of benzene rings is 1. The van der Waals surface area contributed by atoms with Gasteiger partial charge in [0.1, 0.15) is 11.4 Å². The number of anilines is 1. The normalized spacial score (nSPS) is 14.9. The molecule has 1 aromatic rings. The second-order valence-corrected chi connectivity index (χ2v) is 3.73. The summed E-state index contributed by atoms with van der Waals surface area (Å²) in [5, 5.41) is 10.5. The van der Waals surface area contributed by atoms with Gasteiger partial charge in [0.25, 0.3) is 5.69 Å². The van der Waals surface area contributed by atoms with Crippen LogP contribution in [0.1, 0.15) is 12.8 Å². The van der Waals surface area contributed by atoms with Crippen LogP contribution in [0, 0.1) is 16.0 Å². The monoisotopic (exact) mass is 208 g/mol. The fraction of sp³-hybridized carbons (Fsp3) is 0.400. The maximum atomic E-state index is 10.5. The lowest BCUT2D eigenvalue weighted by atomic mass is 10.2. The number of nitrogens with two attached hydrogens (primary N) is 1. The highest BCUT2D eigenvalue weighted by molar-refractivity contribution is 5.60. The number of nitrogen functional groups attached to an aromatic ring is 1. The van der Waals surface area contributed by atoms with E-state index in [1.54, 1.807) is 6.07 Å². The molecule has 1 aliphatic carbocycles. The molecule has 0 heterocycles. The second kappa shape index (κ2) is 3.76. The summed E-state index contributed by atoms with van der Waals surface area (Å²) in [6.07, 6.45) is 2.42. The van der Waals surface area contributed by atoms with Crippen LogP contribution in [-0.2, 0) is 0 Å². The zero-order valence-corrected chi connectivity index (χ0v) is 8.18. The third-order valence-corrected chi connectivity index (χ3v) is 2.38. The molecule has 1 saturated carbocycles. The van der Waals surface area contributed by atoms with Crippen LogP contribution in [0.15, 0.2) is 18.2 Å². The first kappa shape index (κ1) is 9.76. The van der Waals surface area contributed by atoms with Gasteiger partial charge >= 0.3 is 0 Å². The van der Waals surface area contributed by atoms with Gasteiger partial charge in [0.15, 0.2) is 0 Å². The molecule has 0 bridgehead atoms. The first-order chi connectivity index (χ1) is 7.16. The Labute approximate surface area is 87.0 Å². The van der Waals surface area contributed by atoms with E-state index in [0.29, 0.717) is 18.3 Å². The van der Waals surface area contributed by atoms with E-state index in [4.69, 9.17) is 10.5 Å². The molecule has 1 aliphatic rings. The van der Waals surface area contributed by atoms with Gasteiger partial charge in [0, 0.05) is 12.1 Å². The molecular weight excluding hydrogens is 196 g/mol. The van der Waals surface area contributed by atoms with Crippen molar-refractivity contribution in [1.82, 2.24) is 0 Å². The van der Waals surface area contributed by atoms with Crippen LogP contribution >= 0.6 is 0 Å². The van der Waals surface area contributed by atoms with Crippen molar-refractivity contribution in [2.75, 3.05) is 12.3 Å². The second-order valence-electron chi connectivity index (χ2n) is 3.73. The van der Waals surface area contributed by atoms with Crippen molar-refractivity contribution in [3.8, 4) is 5.75 Å². The summed E-state index contributed by atoms with van der Waals surface area (Å²) in [6, 6.07) is 4.45. The summed E-state index contributed by atoms with van der Waals surface area (Å²) >= 11 is 0. The minimum atomic E-state index is -0.500. The largest absolute Gasteiger partial charge is 0.493 e. The number of hydrogen-bond acceptors (Lipinski definition) is 4. The zero-order chi connectivity index (χ0) is 10.8. The molecule has 0 aliphatic heterocycles. The van der Waals surface area contributed by atoms with Gasteiger partial charge < -0.3 is 10.5 Å². The van der Waals surface area contributed by atoms with Crippen molar-refractivity contribution in [1.29, 1.82) is 0 Å². The molecular formula is C10H12N2O3. The first-order valence-corrected chi connectivity index (χ1v) is 4.83. The molecule has 1 fully saturated rings. The number of nitro groups is 1. The van der Waals surface area contributed by atoms with E-state index in [1.165, 1.54) is 25.0 Å². The van der Waals surface area contributed by atoms with E-state index in [0.717, 1.165) is 0 Å². The van der Waals surface area contributed by atoms with E-state index < -0.39 is 4.92 Å². The summed E-state index contributed by atoms with van der Waals surface area (Å²) in [5.41, 5.74) is 5.59. The molecule has 5 nitrogen and oxygen atoms in total. The van der Waals surface area contributed by atoms with Gasteiger partial charge in [-0.3, -0.25) is 10.1 Å². The Morgan fingerprint density at radius 1 is 1.53 bits per heavy atom. The van der Waals surface area contributed by atoms with Crippen molar-refractivity contribution in [3.05, 3.63) is 28.3 Å². The minimum absolute atomic E-state index is 0.0752. The molecule has 0 aromatic heterocycles. The quantitative estimate of drug-likeness (QED) is 0.466. The van der Waals surface area contributed by atoms with Gasteiger partial charge in [-0.1, -0.05) is 0 Å². The van der Waals surface area contributed by atoms with Crippen molar-refractivity contribution >= 4 is 11.4 Å². The molecule has 15 heavy (non-hydrogen) atoms. The summed E-state index contributed by atoms with van der Waals surface area (Å²) in [4.78, 5) is 9.99. The standard InChI is InChI=1S/C10H12N2O3/c11-9-5-8(15-6-7-1-2-7)3-4-10(9)12(13)14/h3-5,7H,1-2,6,11H2. The molecule has 5 heteroatoms. The predicted molar refractivity (Wildman–Crippen MR) is 55.7 cm³/mol. The Morgan fingerprint density at radius 2 is 2.27 bits per heavy atom. The van der Waals surface area contributed by atoms with Crippen LogP contribution in [0.2, 0.25) is 0 Å². The average Bonchev–Trinajstić information content (AvgIpc) is 2.97. The molecule has 2 N–H and O–H groups in total. The van der Waals surface area contributed by atoms with Crippen LogP contribution in [0.5, 0.6) is 5.75 Å². The molecule has 0 atom stereocenters. The number of nitrogens with zero attached hydrogens (tertiary/aromatic N) is 1. The van der Waals surface area contributed by atoms with E-state index >= 15 is 0 Å². The van der Waals surface area contributed by atoms with Gasteiger partial charge in [0.2, 0.25) is 0 Å². The van der Waals surface area contributed by atoms with Gasteiger partial charge in [-0.2, -0.15) is 0 Å². The lowest BCUT2D eigenvalue weighted by Crippen LogP contribution is -2.01. The van der Waals surface area contributed by atoms with Gasteiger partial charge in [-0.15, -0.1) is 0 Å². The summed E-state index contributed by atoms with van der Waals surface area (Å²) < 4.78 is 5.44. The molecule has 0 spiro atoms. The zero-order valence-electron chi connectivity index (χ0n) is 8.18. The summed E-state index contributed by atoms with van der Waals surface area (Å²) in [6.45, 7) is 0.678. The molecule has 0 amide bonds. The molecule has 2 rings (SSSR count). The van der Waals surface area contributed by atoms with E-state index in [1.807, 2.05) is 0 Å². The van der Waals surface area contributed by atoms with Gasteiger partial charge in [-0.05, 0) is 24.8 Å². The Bertz CT molecular complexity index is 388. The fourth-order valence-electron chi connectivity index (χ4n) is 1.29. The fourth-order valence-corrected chi connectivity index (χ4v) is 1.29. The predicted octanol–water partition coefficient (Wildman–Crippen LogP) is 1.97. The Morgan fingerprint density at radius 3 is 2.80 bits per heavy atom. The highest BCUT2D eigenvalue weighted by Gasteiger charge is 2.22. The Balaban J connectivity index is 2.06. The topological polar surface area (TPSA) is 78.4 Å². The maximum Gasteiger partial charge on any atom is 0.292 e. The number of hydrogen-bond donors (Lipinski definition) is 1. The Kier molecular flexibility index (Phi) is 2.45. The van der Waals surface area contributed by atoms with Gasteiger partial charge in [0.05, 0.1) is 11.5 Å². The molecule has 0 radical (unpaired) electrons. The average molecular weight is 208 g/mol. The smallest absolute Gasteiger partial charge is 0.292 e. The number of nitro benzene ring substituents is 1. The molecule has 0 saturated heterocycles. The molecule has 1 aromatic carbocycles. The van der Waals surface area contributed by atoms with Crippen molar-refractivity contribution in [2.24, 2.45) is 5.92 Å². The van der Waals surface area contributed by atoms with Crippen molar-refractivity contribution in [2.45, 2.75) is 12.8 Å². The third kappa shape index (κ3) is 2.37. The van der Waals surface area contributed by atoms with Gasteiger partial charge in [-0.25, -0.2) is 0 Å². The minimum Gasteiger partial charge on any atom is -0.493 e. The van der Waals surface area contributed by atoms with Crippen LogP contribution in [0.25, 0.3) is 0 Å². The van der Waals surface area contributed by atoms with Crippen LogP contribution < -0.4 is 10.5 Å². The highest BCUT2D eigenvalue weighted by Crippen LogP contribution is 2.31. The number of rotatable bonds is 4. The van der Waals surface area contributed by atoms with E-state index in [2.05, 4.69) is 0 Å². The third-order valence-electron chi connectivity index (χ3n) is 2.38. The van der Waals surface area contributed by atoms with E-state index in [9.17, 15) is 10.1 Å². The SMILES string of the molecule is Nc1cc(OCC2CC2)ccc1[N+](=O)[O-]. The molecule has 80 valence electrons. The van der Waals surface area contributed by atoms with Crippen molar-refractivity contribution in [3.63, 3.8) is 0 Å². The number of ether oxygens (including phenoxy) is 1. The highest BCUT2D eigenvalue weighted by atomic mass is 16.6. The maximum absolute atomic E-state index is 10.5. The first-order valence-electron chi connectivity index (χ1n) is 4.83. The lowest BCUT2D eigenvalue weighted by molar-refractivity contribution is -0.383. The molecule has 0 unspecified atom stereocenters.